The Morgan fingerprint density at radius 2 is 2.00 bits per heavy atom. The molecule has 1 amide bonds. The first-order chi connectivity index (χ1) is 9.70. The van der Waals surface area contributed by atoms with Gasteiger partial charge in [-0.05, 0) is 47.4 Å². The van der Waals surface area contributed by atoms with Gasteiger partial charge in [-0.1, -0.05) is 0 Å². The van der Waals surface area contributed by atoms with Crippen molar-refractivity contribution in [3.05, 3.63) is 22.8 Å². The molecule has 2 rings (SSSR count). The lowest BCUT2D eigenvalue weighted by Gasteiger charge is -2.35. The first kappa shape index (κ1) is 15.3. The number of carbonyl (C=O) groups excluding carboxylic acids is 1. The van der Waals surface area contributed by atoms with Gasteiger partial charge in [-0.15, -0.1) is 0 Å². The molecule has 0 bridgehead atoms. The van der Waals surface area contributed by atoms with Gasteiger partial charge in [-0.25, -0.2) is 4.98 Å². The summed E-state index contributed by atoms with van der Waals surface area (Å²) < 4.78 is 0.981. The largest absolute Gasteiger partial charge is 0.353 e. The van der Waals surface area contributed by atoms with Gasteiger partial charge in [-0.3, -0.25) is 4.79 Å². The number of hydrogen-bond donors (Lipinski definition) is 1. The van der Waals surface area contributed by atoms with Crippen LogP contribution in [0.5, 0.6) is 0 Å². The molecule has 1 fully saturated rings. The summed E-state index contributed by atoms with van der Waals surface area (Å²) in [6, 6.07) is 4.00. The Kier molecular flexibility index (Phi) is 5.79. The Hall–Kier alpha value is -1.14. The first-order valence-corrected chi connectivity index (χ1v) is 7.84. The number of anilines is 1. The predicted molar refractivity (Wildman–Crippen MR) is 83.6 cm³/mol. The molecule has 0 saturated carbocycles. The monoisotopic (exact) mass is 340 g/mol. The Bertz CT molecular complexity index is 429. The van der Waals surface area contributed by atoms with Gasteiger partial charge in [0.05, 0.1) is 0 Å². The van der Waals surface area contributed by atoms with Crippen molar-refractivity contribution in [1.82, 2.24) is 9.88 Å². The molecule has 6 heteroatoms. The minimum atomic E-state index is 0.252. The lowest BCUT2D eigenvalue weighted by atomic mass is 10.2. The second-order valence-corrected chi connectivity index (χ2v) is 5.86. The second-order valence-electron chi connectivity index (χ2n) is 4.95. The van der Waals surface area contributed by atoms with Crippen LogP contribution in [0.1, 0.15) is 19.3 Å². The Balaban J connectivity index is 1.80. The molecule has 1 aliphatic heterocycles. The number of unbranched alkanes of at least 4 members (excludes halogenated alkanes) is 1. The van der Waals surface area contributed by atoms with E-state index in [0.717, 1.165) is 49.3 Å². The zero-order chi connectivity index (χ0) is 14.4. The molecule has 2 heterocycles. The summed E-state index contributed by atoms with van der Waals surface area (Å²) in [5.41, 5.74) is 5.44. The molecule has 5 nitrogen and oxygen atoms in total. The molecular weight excluding hydrogens is 320 g/mol. The van der Waals surface area contributed by atoms with Crippen LogP contribution in [-0.4, -0.2) is 48.5 Å². The van der Waals surface area contributed by atoms with Crippen LogP contribution in [0.25, 0.3) is 0 Å². The highest BCUT2D eigenvalue weighted by atomic mass is 79.9. The van der Waals surface area contributed by atoms with Crippen LogP contribution >= 0.6 is 15.9 Å². The number of hydrogen-bond acceptors (Lipinski definition) is 4. The van der Waals surface area contributed by atoms with Crippen LogP contribution in [0.4, 0.5) is 5.82 Å². The maximum atomic E-state index is 12.0. The molecule has 1 saturated heterocycles. The smallest absolute Gasteiger partial charge is 0.222 e. The molecule has 20 heavy (non-hydrogen) atoms. The SMILES string of the molecule is NCCCCC(=O)N1CCN(c2ccc(Br)cn2)CC1. The topological polar surface area (TPSA) is 62.5 Å². The minimum Gasteiger partial charge on any atom is -0.353 e. The van der Waals surface area contributed by atoms with Crippen molar-refractivity contribution < 1.29 is 4.79 Å². The van der Waals surface area contributed by atoms with Crippen LogP contribution < -0.4 is 10.6 Å². The number of halogens is 1. The molecule has 0 radical (unpaired) electrons. The molecule has 1 aromatic heterocycles. The van der Waals surface area contributed by atoms with Crippen molar-refractivity contribution in [3.63, 3.8) is 0 Å². The van der Waals surface area contributed by atoms with Crippen LogP contribution in [0.3, 0.4) is 0 Å². The van der Waals surface area contributed by atoms with Crippen molar-refractivity contribution in [2.24, 2.45) is 5.73 Å². The van der Waals surface area contributed by atoms with E-state index in [1.54, 1.807) is 6.20 Å². The van der Waals surface area contributed by atoms with Crippen LogP contribution in [0.15, 0.2) is 22.8 Å². The highest BCUT2D eigenvalue weighted by molar-refractivity contribution is 9.10. The molecule has 0 spiro atoms. The van der Waals surface area contributed by atoms with Gasteiger partial charge >= 0.3 is 0 Å². The Labute approximate surface area is 128 Å². The number of carbonyl (C=O) groups is 1. The molecule has 1 aliphatic rings. The Morgan fingerprint density at radius 3 is 2.60 bits per heavy atom. The van der Waals surface area contributed by atoms with E-state index in [0.29, 0.717) is 13.0 Å². The van der Waals surface area contributed by atoms with Gasteiger partial charge in [0, 0.05) is 43.3 Å². The van der Waals surface area contributed by atoms with Crippen molar-refractivity contribution in [2.45, 2.75) is 19.3 Å². The van der Waals surface area contributed by atoms with E-state index in [1.165, 1.54) is 0 Å². The van der Waals surface area contributed by atoms with Crippen LogP contribution in [0, 0.1) is 0 Å². The summed E-state index contributed by atoms with van der Waals surface area (Å²) in [7, 11) is 0. The predicted octanol–water partition coefficient (Wildman–Crippen LogP) is 1.62. The highest BCUT2D eigenvalue weighted by Gasteiger charge is 2.21. The van der Waals surface area contributed by atoms with Gasteiger partial charge < -0.3 is 15.5 Å². The minimum absolute atomic E-state index is 0.252. The average Bonchev–Trinajstić information content (AvgIpc) is 2.48. The van der Waals surface area contributed by atoms with E-state index in [4.69, 9.17) is 5.73 Å². The zero-order valence-corrected chi connectivity index (χ0v) is 13.2. The van der Waals surface area contributed by atoms with E-state index < -0.39 is 0 Å². The fourth-order valence-electron chi connectivity index (χ4n) is 2.32. The lowest BCUT2D eigenvalue weighted by Crippen LogP contribution is -2.49. The van der Waals surface area contributed by atoms with E-state index in [1.807, 2.05) is 17.0 Å². The third-order valence-corrected chi connectivity index (χ3v) is 3.98. The summed E-state index contributed by atoms with van der Waals surface area (Å²) in [6.45, 7) is 3.91. The van der Waals surface area contributed by atoms with E-state index >= 15 is 0 Å². The number of amides is 1. The van der Waals surface area contributed by atoms with Gasteiger partial charge in [-0.2, -0.15) is 0 Å². The lowest BCUT2D eigenvalue weighted by molar-refractivity contribution is -0.131. The third-order valence-electron chi connectivity index (χ3n) is 3.51. The molecular formula is C14H21BrN4O. The summed E-state index contributed by atoms with van der Waals surface area (Å²) in [5, 5.41) is 0. The van der Waals surface area contributed by atoms with Crippen LogP contribution in [-0.2, 0) is 4.79 Å². The fourth-order valence-corrected chi connectivity index (χ4v) is 2.55. The van der Waals surface area contributed by atoms with E-state index in [2.05, 4.69) is 25.8 Å². The number of nitrogens with zero attached hydrogens (tertiary/aromatic N) is 3. The van der Waals surface area contributed by atoms with E-state index in [-0.39, 0.29) is 5.91 Å². The second kappa shape index (κ2) is 7.59. The van der Waals surface area contributed by atoms with Crippen molar-refractivity contribution in [2.75, 3.05) is 37.6 Å². The average molecular weight is 341 g/mol. The summed E-state index contributed by atoms with van der Waals surface area (Å²) >= 11 is 3.39. The number of rotatable bonds is 5. The molecule has 1 aromatic rings. The maximum absolute atomic E-state index is 12.0. The number of aromatic nitrogens is 1. The quantitative estimate of drug-likeness (QED) is 0.827. The van der Waals surface area contributed by atoms with Gasteiger partial charge in [0.25, 0.3) is 0 Å². The number of piperazine rings is 1. The van der Waals surface area contributed by atoms with Gasteiger partial charge in [0.1, 0.15) is 5.82 Å². The standard InChI is InChI=1S/C14H21BrN4O/c15-12-4-5-13(17-11-12)18-7-9-19(10-8-18)14(20)3-1-2-6-16/h4-5,11H,1-3,6-10,16H2. The number of pyridine rings is 1. The molecule has 0 unspecified atom stereocenters. The highest BCUT2D eigenvalue weighted by Crippen LogP contribution is 2.17. The van der Waals surface area contributed by atoms with Gasteiger partial charge in [0.15, 0.2) is 0 Å². The molecule has 2 N–H and O–H groups in total. The van der Waals surface area contributed by atoms with Crippen molar-refractivity contribution in [3.8, 4) is 0 Å². The van der Waals surface area contributed by atoms with E-state index in [9.17, 15) is 4.79 Å². The molecule has 0 aliphatic carbocycles. The first-order valence-electron chi connectivity index (χ1n) is 7.05. The van der Waals surface area contributed by atoms with Gasteiger partial charge in [0.2, 0.25) is 5.91 Å². The van der Waals surface area contributed by atoms with Crippen molar-refractivity contribution >= 4 is 27.7 Å². The summed E-state index contributed by atoms with van der Waals surface area (Å²) in [5.74, 6) is 1.23. The molecule has 0 aromatic carbocycles. The molecule has 110 valence electrons. The normalized spacial score (nSPS) is 15.5. The van der Waals surface area contributed by atoms with Crippen molar-refractivity contribution in [1.29, 1.82) is 0 Å². The van der Waals surface area contributed by atoms with Crippen LogP contribution in [0.2, 0.25) is 0 Å². The zero-order valence-electron chi connectivity index (χ0n) is 11.6. The maximum Gasteiger partial charge on any atom is 0.222 e. The Morgan fingerprint density at radius 1 is 1.25 bits per heavy atom. The third kappa shape index (κ3) is 4.18. The number of nitrogens with two attached hydrogens (primary N) is 1. The summed E-state index contributed by atoms with van der Waals surface area (Å²) in [6.07, 6.45) is 4.24. The summed E-state index contributed by atoms with van der Waals surface area (Å²) in [4.78, 5) is 20.6. The molecule has 0 atom stereocenters. The fraction of sp³-hybridized carbons (Fsp3) is 0.571.